The molecule has 0 spiro atoms. The molecule has 1 fully saturated rings. The Kier molecular flexibility index (Phi) is 3.78. The molecule has 1 aromatic heterocycles. The maximum absolute atomic E-state index is 4.40. The molecule has 0 unspecified atom stereocenters. The van der Waals surface area contributed by atoms with Gasteiger partial charge in [-0.25, -0.2) is 4.98 Å². The van der Waals surface area contributed by atoms with Gasteiger partial charge >= 0.3 is 0 Å². The van der Waals surface area contributed by atoms with Gasteiger partial charge in [0.25, 0.3) is 0 Å². The molecule has 1 aliphatic rings. The van der Waals surface area contributed by atoms with Crippen LogP contribution in [-0.2, 0) is 13.0 Å². The van der Waals surface area contributed by atoms with Gasteiger partial charge in [-0.05, 0) is 32.2 Å². The van der Waals surface area contributed by atoms with Gasteiger partial charge in [-0.1, -0.05) is 6.92 Å². The van der Waals surface area contributed by atoms with E-state index in [9.17, 15) is 0 Å². The molecule has 3 heteroatoms. The summed E-state index contributed by atoms with van der Waals surface area (Å²) in [5.41, 5.74) is 0. The van der Waals surface area contributed by atoms with Crippen LogP contribution in [0.1, 0.15) is 38.4 Å². The van der Waals surface area contributed by atoms with E-state index in [1.54, 1.807) is 0 Å². The lowest BCUT2D eigenvalue weighted by atomic mass is 10.3. The van der Waals surface area contributed by atoms with Crippen LogP contribution in [0.2, 0.25) is 0 Å². The van der Waals surface area contributed by atoms with Crippen molar-refractivity contribution in [1.29, 1.82) is 0 Å². The Hall–Kier alpha value is -0.830. The van der Waals surface area contributed by atoms with E-state index in [4.69, 9.17) is 0 Å². The van der Waals surface area contributed by atoms with Crippen molar-refractivity contribution in [2.75, 3.05) is 6.54 Å². The lowest BCUT2D eigenvalue weighted by molar-refractivity contribution is 0.595. The van der Waals surface area contributed by atoms with Gasteiger partial charge in [0, 0.05) is 31.4 Å². The van der Waals surface area contributed by atoms with E-state index in [1.807, 2.05) is 6.20 Å². The number of imidazole rings is 1. The molecule has 1 N–H and O–H groups in total. The molecule has 0 aromatic carbocycles. The number of aryl methyl sites for hydroxylation is 2. The first-order valence-electron chi connectivity index (χ1n) is 6.13. The first-order valence-corrected chi connectivity index (χ1v) is 6.13. The average Bonchev–Trinajstić information content (AvgIpc) is 2.96. The van der Waals surface area contributed by atoms with Crippen molar-refractivity contribution in [2.45, 2.75) is 51.6 Å². The fraction of sp³-hybridized carbons (Fsp3) is 0.750. The zero-order valence-electron chi connectivity index (χ0n) is 9.58. The van der Waals surface area contributed by atoms with Gasteiger partial charge < -0.3 is 9.88 Å². The van der Waals surface area contributed by atoms with Crippen LogP contribution >= 0.6 is 0 Å². The number of nitrogens with zero attached hydrogens (tertiary/aromatic N) is 2. The van der Waals surface area contributed by atoms with Crippen LogP contribution in [0, 0.1) is 0 Å². The number of hydrogen-bond acceptors (Lipinski definition) is 2. The van der Waals surface area contributed by atoms with Gasteiger partial charge in [0.05, 0.1) is 0 Å². The zero-order chi connectivity index (χ0) is 10.5. The van der Waals surface area contributed by atoms with Crippen LogP contribution in [0.4, 0.5) is 0 Å². The Labute approximate surface area is 91.9 Å². The third kappa shape index (κ3) is 3.34. The summed E-state index contributed by atoms with van der Waals surface area (Å²) in [7, 11) is 0. The van der Waals surface area contributed by atoms with Crippen molar-refractivity contribution in [1.82, 2.24) is 14.9 Å². The topological polar surface area (TPSA) is 29.9 Å². The summed E-state index contributed by atoms with van der Waals surface area (Å²) in [5, 5.41) is 3.53. The van der Waals surface area contributed by atoms with Gasteiger partial charge in [-0.15, -0.1) is 0 Å². The Bertz CT molecular complexity index is 289. The fourth-order valence-electron chi connectivity index (χ4n) is 1.85. The highest BCUT2D eigenvalue weighted by atomic mass is 15.1. The van der Waals surface area contributed by atoms with Crippen LogP contribution < -0.4 is 5.32 Å². The largest absolute Gasteiger partial charge is 0.335 e. The molecule has 0 radical (unpaired) electrons. The molecule has 1 heterocycles. The summed E-state index contributed by atoms with van der Waals surface area (Å²) in [4.78, 5) is 4.40. The Morgan fingerprint density at radius 1 is 1.53 bits per heavy atom. The molecule has 0 amide bonds. The van der Waals surface area contributed by atoms with Crippen LogP contribution in [-0.4, -0.2) is 22.1 Å². The van der Waals surface area contributed by atoms with E-state index in [0.29, 0.717) is 0 Å². The minimum atomic E-state index is 0.834. The highest BCUT2D eigenvalue weighted by molar-refractivity contribution is 4.92. The highest BCUT2D eigenvalue weighted by Gasteiger charge is 2.19. The third-order valence-corrected chi connectivity index (χ3v) is 2.85. The van der Waals surface area contributed by atoms with Crippen molar-refractivity contribution in [3.8, 4) is 0 Å². The second kappa shape index (κ2) is 5.31. The predicted octanol–water partition coefficient (Wildman–Crippen LogP) is 1.98. The summed E-state index contributed by atoms with van der Waals surface area (Å²) in [6.07, 6.45) is 10.3. The number of hydrogen-bond donors (Lipinski definition) is 1. The zero-order valence-corrected chi connectivity index (χ0v) is 9.58. The molecule has 0 bridgehead atoms. The molecular formula is C12H21N3. The first kappa shape index (κ1) is 10.7. The van der Waals surface area contributed by atoms with E-state index >= 15 is 0 Å². The highest BCUT2D eigenvalue weighted by Crippen LogP contribution is 2.18. The van der Waals surface area contributed by atoms with Gasteiger partial charge in [0.2, 0.25) is 0 Å². The van der Waals surface area contributed by atoms with Crippen molar-refractivity contribution < 1.29 is 0 Å². The van der Waals surface area contributed by atoms with Gasteiger partial charge in [-0.3, -0.25) is 0 Å². The van der Waals surface area contributed by atoms with Gasteiger partial charge in [0.1, 0.15) is 5.82 Å². The molecule has 84 valence electrons. The Morgan fingerprint density at radius 2 is 2.40 bits per heavy atom. The molecule has 1 aromatic rings. The maximum atomic E-state index is 4.40. The summed E-state index contributed by atoms with van der Waals surface area (Å²) in [6.45, 7) is 4.45. The number of aromatic nitrogens is 2. The monoisotopic (exact) mass is 207 g/mol. The molecule has 1 saturated carbocycles. The Morgan fingerprint density at radius 3 is 3.13 bits per heavy atom. The quantitative estimate of drug-likeness (QED) is 0.693. The molecule has 0 aliphatic heterocycles. The molecule has 0 saturated heterocycles. The molecular weight excluding hydrogens is 186 g/mol. The molecule has 15 heavy (non-hydrogen) atoms. The van der Waals surface area contributed by atoms with Crippen LogP contribution in [0.5, 0.6) is 0 Å². The van der Waals surface area contributed by atoms with Crippen molar-refractivity contribution in [3.05, 3.63) is 18.2 Å². The van der Waals surface area contributed by atoms with E-state index in [2.05, 4.69) is 28.0 Å². The molecule has 0 atom stereocenters. The SMILES string of the molecule is CCCn1ccnc1CCCNC1CC1. The lowest BCUT2D eigenvalue weighted by Gasteiger charge is -2.06. The second-order valence-electron chi connectivity index (χ2n) is 4.37. The second-order valence-corrected chi connectivity index (χ2v) is 4.37. The smallest absolute Gasteiger partial charge is 0.108 e. The summed E-state index contributed by atoms with van der Waals surface area (Å²) < 4.78 is 2.27. The molecule has 3 nitrogen and oxygen atoms in total. The van der Waals surface area contributed by atoms with Crippen LogP contribution in [0.15, 0.2) is 12.4 Å². The molecule has 2 rings (SSSR count). The van der Waals surface area contributed by atoms with Gasteiger partial charge in [0.15, 0.2) is 0 Å². The molecule has 1 aliphatic carbocycles. The van der Waals surface area contributed by atoms with E-state index < -0.39 is 0 Å². The summed E-state index contributed by atoms with van der Waals surface area (Å²) in [6, 6.07) is 0.834. The standard InChI is InChI=1S/C12H21N3/c1-2-9-15-10-8-14-12(15)4-3-7-13-11-5-6-11/h8,10-11,13H,2-7,9H2,1H3. The van der Waals surface area contributed by atoms with Crippen molar-refractivity contribution in [2.24, 2.45) is 0 Å². The van der Waals surface area contributed by atoms with E-state index in [1.165, 1.54) is 31.5 Å². The minimum absolute atomic E-state index is 0.834. The number of nitrogens with one attached hydrogen (secondary N) is 1. The third-order valence-electron chi connectivity index (χ3n) is 2.85. The van der Waals surface area contributed by atoms with Crippen molar-refractivity contribution in [3.63, 3.8) is 0 Å². The minimum Gasteiger partial charge on any atom is -0.335 e. The van der Waals surface area contributed by atoms with Gasteiger partial charge in [-0.2, -0.15) is 0 Å². The van der Waals surface area contributed by atoms with Crippen LogP contribution in [0.3, 0.4) is 0 Å². The predicted molar refractivity (Wildman–Crippen MR) is 61.9 cm³/mol. The normalized spacial score (nSPS) is 15.8. The van der Waals surface area contributed by atoms with Crippen LogP contribution in [0.25, 0.3) is 0 Å². The number of rotatable bonds is 7. The fourth-order valence-corrected chi connectivity index (χ4v) is 1.85. The summed E-state index contributed by atoms with van der Waals surface area (Å²) in [5.74, 6) is 1.24. The average molecular weight is 207 g/mol. The lowest BCUT2D eigenvalue weighted by Crippen LogP contribution is -2.18. The van der Waals surface area contributed by atoms with Crippen molar-refractivity contribution >= 4 is 0 Å². The maximum Gasteiger partial charge on any atom is 0.108 e. The Balaban J connectivity index is 1.68. The van der Waals surface area contributed by atoms with E-state index in [-0.39, 0.29) is 0 Å². The van der Waals surface area contributed by atoms with E-state index in [0.717, 1.165) is 25.6 Å². The first-order chi connectivity index (χ1) is 7.40. The summed E-state index contributed by atoms with van der Waals surface area (Å²) >= 11 is 0.